The molecule has 0 aliphatic carbocycles. The summed E-state index contributed by atoms with van der Waals surface area (Å²) in [7, 11) is 0. The van der Waals surface area contributed by atoms with E-state index >= 15 is 0 Å². The molecule has 0 radical (unpaired) electrons. The van der Waals surface area contributed by atoms with Crippen molar-refractivity contribution in [3.63, 3.8) is 0 Å². The molecule has 6 heteroatoms. The molecule has 0 aliphatic rings. The summed E-state index contributed by atoms with van der Waals surface area (Å²) < 4.78 is 11.0. The van der Waals surface area contributed by atoms with Gasteiger partial charge in [-0.05, 0) is 60.9 Å². The molecule has 0 unspecified atom stereocenters. The van der Waals surface area contributed by atoms with Crippen LogP contribution in [-0.2, 0) is 22.6 Å². The molecule has 3 rings (SSSR count). The number of benzene rings is 3. The van der Waals surface area contributed by atoms with Crippen molar-refractivity contribution >= 4 is 23.3 Å². The van der Waals surface area contributed by atoms with E-state index in [-0.39, 0.29) is 24.9 Å². The van der Waals surface area contributed by atoms with Crippen LogP contribution in [0.2, 0.25) is 5.02 Å². The maximum Gasteiger partial charge on any atom is 0.258 e. The number of rotatable bonds is 11. The zero-order chi connectivity index (χ0) is 22.8. The first-order valence-electron chi connectivity index (χ1n) is 10.4. The molecule has 0 saturated heterocycles. The summed E-state index contributed by atoms with van der Waals surface area (Å²) in [6.07, 6.45) is 1.07. The Labute approximate surface area is 193 Å². The molecule has 0 saturated carbocycles. The second-order valence-electron chi connectivity index (χ2n) is 7.48. The second-order valence-corrected chi connectivity index (χ2v) is 7.91. The predicted octanol–water partition coefficient (Wildman–Crippen LogP) is 4.92. The number of aryl methyl sites for hydroxylation is 2. The van der Waals surface area contributed by atoms with Crippen molar-refractivity contribution in [1.29, 1.82) is 0 Å². The van der Waals surface area contributed by atoms with Gasteiger partial charge in [-0.2, -0.15) is 0 Å². The van der Waals surface area contributed by atoms with Gasteiger partial charge in [0.2, 0.25) is 0 Å². The van der Waals surface area contributed by atoms with Crippen LogP contribution in [0.3, 0.4) is 0 Å². The average molecular weight is 452 g/mol. The molecule has 3 aromatic carbocycles. The van der Waals surface area contributed by atoms with Crippen LogP contribution in [0, 0.1) is 6.92 Å². The Bertz CT molecular complexity index is 931. The van der Waals surface area contributed by atoms with Gasteiger partial charge in [-0.15, -0.1) is 0 Å². The molecule has 0 bridgehead atoms. The first-order chi connectivity index (χ1) is 15.5. The average Bonchev–Trinajstić information content (AvgIpc) is 2.81. The Hall–Kier alpha value is -3.31. The summed E-state index contributed by atoms with van der Waals surface area (Å²) in [6, 6.07) is 22.3. The van der Waals surface area contributed by atoms with Crippen molar-refractivity contribution in [2.75, 3.05) is 13.2 Å². The van der Waals surface area contributed by atoms with Gasteiger partial charge in [0.05, 0.1) is 0 Å². The van der Waals surface area contributed by atoms with Gasteiger partial charge in [-0.1, -0.05) is 53.6 Å². The number of carbonyl (C=O) groups excluding carboxylic acids is 2. The van der Waals surface area contributed by atoms with Crippen molar-refractivity contribution in [2.24, 2.45) is 0 Å². The molecule has 0 fully saturated rings. The summed E-state index contributed by atoms with van der Waals surface area (Å²) in [5.41, 5.74) is 3.19. The van der Waals surface area contributed by atoms with Crippen molar-refractivity contribution < 1.29 is 19.1 Å². The normalized spacial score (nSPS) is 10.4. The van der Waals surface area contributed by atoms with E-state index in [4.69, 9.17) is 21.1 Å². The highest BCUT2D eigenvalue weighted by atomic mass is 35.5. The first kappa shape index (κ1) is 23.4. The van der Waals surface area contributed by atoms with E-state index in [1.54, 1.807) is 24.3 Å². The lowest BCUT2D eigenvalue weighted by Gasteiger charge is -2.09. The maximum absolute atomic E-state index is 12.1. The number of Topliss-reactive ketones (excluding diaryl/α,β-unsaturated/α-hetero) is 1. The smallest absolute Gasteiger partial charge is 0.258 e. The summed E-state index contributed by atoms with van der Waals surface area (Å²) >= 11 is 5.82. The Morgan fingerprint density at radius 1 is 0.781 bits per heavy atom. The molecule has 0 heterocycles. The Morgan fingerprint density at radius 2 is 1.34 bits per heavy atom. The quantitative estimate of drug-likeness (QED) is 0.449. The second kappa shape index (κ2) is 11.9. The number of amides is 1. The topological polar surface area (TPSA) is 64.6 Å². The van der Waals surface area contributed by atoms with Crippen molar-refractivity contribution in [2.45, 2.75) is 26.3 Å². The highest BCUT2D eigenvalue weighted by molar-refractivity contribution is 6.30. The molecule has 5 nitrogen and oxygen atoms in total. The van der Waals surface area contributed by atoms with Crippen LogP contribution in [0.4, 0.5) is 0 Å². The number of carbonyl (C=O) groups is 2. The highest BCUT2D eigenvalue weighted by Gasteiger charge is 2.06. The van der Waals surface area contributed by atoms with Crippen molar-refractivity contribution in [1.82, 2.24) is 5.32 Å². The molecule has 32 heavy (non-hydrogen) atoms. The van der Waals surface area contributed by atoms with Gasteiger partial charge in [0.1, 0.15) is 18.1 Å². The van der Waals surface area contributed by atoms with Crippen LogP contribution in [0.15, 0.2) is 72.8 Å². The van der Waals surface area contributed by atoms with E-state index in [9.17, 15) is 9.59 Å². The Balaban J connectivity index is 1.34. The van der Waals surface area contributed by atoms with E-state index < -0.39 is 0 Å². The van der Waals surface area contributed by atoms with Crippen LogP contribution < -0.4 is 14.8 Å². The summed E-state index contributed by atoms with van der Waals surface area (Å²) in [4.78, 5) is 24.1. The van der Waals surface area contributed by atoms with Gasteiger partial charge >= 0.3 is 0 Å². The van der Waals surface area contributed by atoms with Gasteiger partial charge in [0.25, 0.3) is 5.91 Å². The van der Waals surface area contributed by atoms with Gasteiger partial charge in [0, 0.05) is 18.0 Å². The molecule has 1 N–H and O–H groups in total. The predicted molar refractivity (Wildman–Crippen MR) is 125 cm³/mol. The number of halogens is 1. The molecular weight excluding hydrogens is 426 g/mol. The zero-order valence-electron chi connectivity index (χ0n) is 18.0. The van der Waals surface area contributed by atoms with E-state index in [2.05, 4.69) is 5.32 Å². The number of ketones is 1. The lowest BCUT2D eigenvalue weighted by atomic mass is 10.1. The lowest BCUT2D eigenvalue weighted by Crippen LogP contribution is -2.28. The fourth-order valence-corrected chi connectivity index (χ4v) is 3.04. The molecular formula is C26H26ClNO4. The number of hydrogen-bond donors (Lipinski definition) is 1. The summed E-state index contributed by atoms with van der Waals surface area (Å²) in [5.74, 6) is 1.15. The maximum atomic E-state index is 12.1. The molecule has 3 aromatic rings. The third-order valence-electron chi connectivity index (χ3n) is 4.81. The van der Waals surface area contributed by atoms with Crippen LogP contribution in [0.1, 0.15) is 23.1 Å². The van der Waals surface area contributed by atoms with Gasteiger partial charge in [-0.25, -0.2) is 0 Å². The van der Waals surface area contributed by atoms with Crippen molar-refractivity contribution in [3.8, 4) is 11.5 Å². The summed E-state index contributed by atoms with van der Waals surface area (Å²) in [6.45, 7) is 2.43. The summed E-state index contributed by atoms with van der Waals surface area (Å²) in [5, 5.41) is 3.44. The monoisotopic (exact) mass is 451 g/mol. The molecule has 1 amide bonds. The standard InChI is InChI=1S/C26H26ClNO4/c1-19-2-12-24(13-3-19)31-17-23(29)11-8-20-4-6-21(7-5-20)16-28-26(30)18-32-25-14-9-22(27)10-15-25/h2-7,9-10,12-15H,8,11,16-18H2,1H3,(H,28,30). The number of ether oxygens (including phenoxy) is 2. The molecule has 0 aliphatic heterocycles. The highest BCUT2D eigenvalue weighted by Crippen LogP contribution is 2.15. The largest absolute Gasteiger partial charge is 0.486 e. The fraction of sp³-hybridized carbons (Fsp3) is 0.231. The van der Waals surface area contributed by atoms with Crippen molar-refractivity contribution in [3.05, 3.63) is 94.5 Å². The fourth-order valence-electron chi connectivity index (χ4n) is 2.91. The first-order valence-corrected chi connectivity index (χ1v) is 10.8. The minimum Gasteiger partial charge on any atom is -0.486 e. The van der Waals surface area contributed by atoms with Gasteiger partial charge in [0.15, 0.2) is 12.4 Å². The molecule has 0 aromatic heterocycles. The molecule has 166 valence electrons. The van der Waals surface area contributed by atoms with E-state index in [1.807, 2.05) is 55.5 Å². The van der Waals surface area contributed by atoms with Crippen LogP contribution in [-0.4, -0.2) is 24.9 Å². The SMILES string of the molecule is Cc1ccc(OCC(=O)CCc2ccc(CNC(=O)COc3ccc(Cl)cc3)cc2)cc1. The van der Waals surface area contributed by atoms with E-state index in [0.29, 0.717) is 35.9 Å². The van der Waals surface area contributed by atoms with Crippen LogP contribution in [0.5, 0.6) is 11.5 Å². The molecule has 0 atom stereocenters. The van der Waals surface area contributed by atoms with Gasteiger partial charge < -0.3 is 14.8 Å². The number of hydrogen-bond acceptors (Lipinski definition) is 4. The van der Waals surface area contributed by atoms with Gasteiger partial charge in [-0.3, -0.25) is 9.59 Å². The Morgan fingerprint density at radius 3 is 2.00 bits per heavy atom. The number of nitrogens with one attached hydrogen (secondary N) is 1. The Kier molecular flexibility index (Phi) is 8.70. The lowest BCUT2D eigenvalue weighted by molar-refractivity contribution is -0.123. The third-order valence-corrected chi connectivity index (χ3v) is 5.06. The third kappa shape index (κ3) is 8.08. The minimum atomic E-state index is -0.205. The zero-order valence-corrected chi connectivity index (χ0v) is 18.7. The molecule has 0 spiro atoms. The van der Waals surface area contributed by atoms with Crippen LogP contribution in [0.25, 0.3) is 0 Å². The van der Waals surface area contributed by atoms with E-state index in [0.717, 1.165) is 16.7 Å². The van der Waals surface area contributed by atoms with E-state index in [1.165, 1.54) is 0 Å². The minimum absolute atomic E-state index is 0.0580. The van der Waals surface area contributed by atoms with Crippen LogP contribution >= 0.6 is 11.6 Å².